The number of esters is 1. The number of carbonyl (C=O) groups excluding carboxylic acids is 1. The molecule has 340 valence electrons. The number of quaternary nitrogens is 1. The van der Waals surface area contributed by atoms with Gasteiger partial charge in [0.25, 0.3) is 0 Å². The molecule has 2 unspecified atom stereocenters. The molecule has 2 atom stereocenters. The van der Waals surface area contributed by atoms with Crippen molar-refractivity contribution in [2.24, 2.45) is 0 Å². The third-order valence-electron chi connectivity index (χ3n) is 10.8. The van der Waals surface area contributed by atoms with Crippen LogP contribution in [0.3, 0.4) is 0 Å². The number of nitrogens with zero attached hydrogens (tertiary/aromatic N) is 1. The number of likely N-dealkylation sites (N-methyl/N-ethyl adjacent to an activating group) is 1. The normalized spacial score (nSPS) is 13.7. The van der Waals surface area contributed by atoms with Gasteiger partial charge in [-0.1, -0.05) is 199 Å². The highest BCUT2D eigenvalue weighted by Gasteiger charge is 2.26. The molecule has 0 spiro atoms. The molecule has 8 nitrogen and oxygen atoms in total. The molecular formula is C48H97NO7P+. The Bertz CT molecular complexity index is 925. The summed E-state index contributed by atoms with van der Waals surface area (Å²) in [5.41, 5.74) is 0. The molecule has 0 aromatic rings. The minimum Gasteiger partial charge on any atom is -0.457 e. The Labute approximate surface area is 354 Å². The van der Waals surface area contributed by atoms with Crippen LogP contribution in [0.2, 0.25) is 0 Å². The fraction of sp³-hybridized carbons (Fsp3) is 0.938. The molecule has 0 fully saturated rings. The van der Waals surface area contributed by atoms with Gasteiger partial charge in [0.05, 0.1) is 34.4 Å². The third kappa shape index (κ3) is 46.2. The van der Waals surface area contributed by atoms with Gasteiger partial charge in [-0.05, 0) is 38.5 Å². The third-order valence-corrected chi connectivity index (χ3v) is 11.8. The van der Waals surface area contributed by atoms with Crippen LogP contribution in [0.5, 0.6) is 0 Å². The van der Waals surface area contributed by atoms with E-state index in [1.165, 1.54) is 180 Å². The predicted octanol–water partition coefficient (Wildman–Crippen LogP) is 14.6. The van der Waals surface area contributed by atoms with Crippen LogP contribution in [0.1, 0.15) is 232 Å². The van der Waals surface area contributed by atoms with Crippen LogP contribution in [0, 0.1) is 0 Å². The van der Waals surface area contributed by atoms with Gasteiger partial charge in [-0.3, -0.25) is 13.8 Å². The van der Waals surface area contributed by atoms with Crippen molar-refractivity contribution in [3.8, 4) is 0 Å². The van der Waals surface area contributed by atoms with E-state index >= 15 is 0 Å². The van der Waals surface area contributed by atoms with Crippen LogP contribution in [-0.4, -0.2) is 75.6 Å². The Morgan fingerprint density at radius 2 is 0.912 bits per heavy atom. The summed E-state index contributed by atoms with van der Waals surface area (Å²) in [6.45, 7) is 5.66. The second-order valence-corrected chi connectivity index (χ2v) is 19.3. The lowest BCUT2D eigenvalue weighted by atomic mass is 10.0. The number of unbranched alkanes of at least 4 members (excludes halogenated alkanes) is 30. The van der Waals surface area contributed by atoms with E-state index in [9.17, 15) is 14.3 Å². The average molecular weight is 831 g/mol. The SMILES string of the molecule is CCCCCCCCCC/C=C\CCCCCCCCCCCCCCOCC(COP(=O)(O)OCC[N+](C)(C)C)OC(=O)CCCCCCCCCCCCC. The van der Waals surface area contributed by atoms with E-state index in [4.69, 9.17) is 18.5 Å². The summed E-state index contributed by atoms with van der Waals surface area (Å²) in [6.07, 6.45) is 46.9. The summed E-state index contributed by atoms with van der Waals surface area (Å²) in [4.78, 5) is 22.9. The Morgan fingerprint density at radius 1 is 0.526 bits per heavy atom. The molecule has 0 aromatic heterocycles. The van der Waals surface area contributed by atoms with E-state index in [1.807, 2.05) is 21.1 Å². The molecule has 57 heavy (non-hydrogen) atoms. The monoisotopic (exact) mass is 831 g/mol. The lowest BCUT2D eigenvalue weighted by Gasteiger charge is -2.24. The van der Waals surface area contributed by atoms with Gasteiger partial charge >= 0.3 is 13.8 Å². The van der Waals surface area contributed by atoms with Gasteiger partial charge in [0, 0.05) is 13.0 Å². The number of carbonyl (C=O) groups is 1. The molecule has 0 aliphatic heterocycles. The van der Waals surface area contributed by atoms with Crippen molar-refractivity contribution in [3.05, 3.63) is 12.2 Å². The zero-order valence-electron chi connectivity index (χ0n) is 38.6. The average Bonchev–Trinajstić information content (AvgIpc) is 3.16. The van der Waals surface area contributed by atoms with Crippen molar-refractivity contribution in [1.82, 2.24) is 0 Å². The maximum absolute atomic E-state index is 12.7. The van der Waals surface area contributed by atoms with Crippen LogP contribution >= 0.6 is 7.82 Å². The molecule has 0 radical (unpaired) electrons. The number of phosphoric ester groups is 1. The van der Waals surface area contributed by atoms with Gasteiger partial charge in [-0.25, -0.2) is 4.57 Å². The Hall–Kier alpha value is -0.760. The van der Waals surface area contributed by atoms with E-state index in [0.717, 1.165) is 32.1 Å². The second kappa shape index (κ2) is 42.0. The first-order valence-corrected chi connectivity index (χ1v) is 25.9. The van der Waals surface area contributed by atoms with E-state index in [0.29, 0.717) is 24.1 Å². The number of hydrogen-bond donors (Lipinski definition) is 1. The highest BCUT2D eigenvalue weighted by Crippen LogP contribution is 2.43. The fourth-order valence-electron chi connectivity index (χ4n) is 7.02. The summed E-state index contributed by atoms with van der Waals surface area (Å²) in [7, 11) is 1.68. The molecule has 0 aliphatic carbocycles. The summed E-state index contributed by atoms with van der Waals surface area (Å²) in [5, 5.41) is 0. The maximum atomic E-state index is 12.7. The molecule has 0 heterocycles. The van der Waals surface area contributed by atoms with Crippen LogP contribution in [0.25, 0.3) is 0 Å². The van der Waals surface area contributed by atoms with E-state index in [2.05, 4.69) is 26.0 Å². The first kappa shape index (κ1) is 56.2. The van der Waals surface area contributed by atoms with E-state index < -0.39 is 13.9 Å². The molecule has 0 bridgehead atoms. The van der Waals surface area contributed by atoms with Gasteiger partial charge in [-0.2, -0.15) is 0 Å². The number of rotatable bonds is 46. The number of ether oxygens (including phenoxy) is 2. The topological polar surface area (TPSA) is 91.3 Å². The summed E-state index contributed by atoms with van der Waals surface area (Å²) in [5.74, 6) is -0.311. The van der Waals surface area contributed by atoms with Gasteiger partial charge < -0.3 is 18.9 Å². The molecule has 0 amide bonds. The van der Waals surface area contributed by atoms with Crippen LogP contribution in [0.4, 0.5) is 0 Å². The predicted molar refractivity (Wildman–Crippen MR) is 243 cm³/mol. The lowest BCUT2D eigenvalue weighted by molar-refractivity contribution is -0.870. The van der Waals surface area contributed by atoms with Gasteiger partial charge in [0.15, 0.2) is 0 Å². The Morgan fingerprint density at radius 3 is 1.33 bits per heavy atom. The van der Waals surface area contributed by atoms with Crippen molar-refractivity contribution in [2.45, 2.75) is 238 Å². The number of hydrogen-bond acceptors (Lipinski definition) is 6. The van der Waals surface area contributed by atoms with Crippen molar-refractivity contribution < 1.29 is 37.3 Å². The van der Waals surface area contributed by atoms with Crippen molar-refractivity contribution in [1.29, 1.82) is 0 Å². The van der Waals surface area contributed by atoms with Crippen molar-refractivity contribution >= 4 is 13.8 Å². The van der Waals surface area contributed by atoms with E-state index in [1.54, 1.807) is 0 Å². The zero-order valence-corrected chi connectivity index (χ0v) is 39.5. The first-order valence-electron chi connectivity index (χ1n) is 24.4. The van der Waals surface area contributed by atoms with Gasteiger partial charge in [0.1, 0.15) is 19.3 Å². The Kier molecular flexibility index (Phi) is 41.4. The quantitative estimate of drug-likeness (QED) is 0.0215. The minimum atomic E-state index is -4.27. The molecule has 0 aliphatic rings. The van der Waals surface area contributed by atoms with Crippen LogP contribution in [-0.2, 0) is 27.9 Å². The highest BCUT2D eigenvalue weighted by atomic mass is 31.2. The van der Waals surface area contributed by atoms with Crippen LogP contribution in [0.15, 0.2) is 12.2 Å². The molecule has 9 heteroatoms. The standard InChI is InChI=1S/C48H96NO7P/c1-6-8-10-12-14-16-18-19-20-21-22-23-24-25-26-27-28-29-30-32-34-36-38-40-43-53-45-47(46-55-57(51,52)54-44-42-49(3,4)5)56-48(50)41-39-37-35-33-31-17-15-13-11-9-7-2/h21-22,47H,6-20,23-46H2,1-5H3/p+1/b22-21-. The number of phosphoric acid groups is 1. The smallest absolute Gasteiger partial charge is 0.457 e. The minimum absolute atomic E-state index is 0.0921. The molecule has 0 aromatic carbocycles. The van der Waals surface area contributed by atoms with Crippen LogP contribution < -0.4 is 0 Å². The maximum Gasteiger partial charge on any atom is 0.472 e. The second-order valence-electron chi connectivity index (χ2n) is 17.9. The van der Waals surface area contributed by atoms with E-state index in [-0.39, 0.29) is 25.8 Å². The molecule has 1 N–H and O–H groups in total. The van der Waals surface area contributed by atoms with Gasteiger partial charge in [-0.15, -0.1) is 0 Å². The van der Waals surface area contributed by atoms with Crippen molar-refractivity contribution in [3.63, 3.8) is 0 Å². The summed E-state index contributed by atoms with van der Waals surface area (Å²) >= 11 is 0. The molecule has 0 saturated heterocycles. The summed E-state index contributed by atoms with van der Waals surface area (Å²) in [6, 6.07) is 0. The largest absolute Gasteiger partial charge is 0.472 e. The lowest BCUT2D eigenvalue weighted by Crippen LogP contribution is -2.37. The summed E-state index contributed by atoms with van der Waals surface area (Å²) < 4.78 is 35.0. The molecule has 0 saturated carbocycles. The molecular weight excluding hydrogens is 734 g/mol. The first-order chi connectivity index (χ1) is 27.6. The van der Waals surface area contributed by atoms with Gasteiger partial charge in [0.2, 0.25) is 0 Å². The highest BCUT2D eigenvalue weighted by molar-refractivity contribution is 7.47. The Balaban J connectivity index is 4.02. The van der Waals surface area contributed by atoms with Crippen molar-refractivity contribution in [2.75, 3.05) is 54.1 Å². The molecule has 0 rings (SSSR count). The zero-order chi connectivity index (χ0) is 42.0. The number of allylic oxidation sites excluding steroid dienone is 2. The fourth-order valence-corrected chi connectivity index (χ4v) is 7.76.